The molecule has 1 saturated heterocycles. The van der Waals surface area contributed by atoms with Gasteiger partial charge in [0.15, 0.2) is 0 Å². The van der Waals surface area contributed by atoms with Gasteiger partial charge in [-0.25, -0.2) is 0 Å². The number of benzene rings is 1. The van der Waals surface area contributed by atoms with Gasteiger partial charge in [0.1, 0.15) is 0 Å². The monoisotopic (exact) mass is 329 g/mol. The van der Waals surface area contributed by atoms with E-state index in [1.807, 2.05) is 0 Å². The average molecular weight is 329 g/mol. The maximum Gasteiger partial charge on any atom is 0.278 e. The number of nitrogens with zero attached hydrogens (tertiary/aromatic N) is 3. The molecule has 24 heavy (non-hydrogen) atoms. The van der Waals surface area contributed by atoms with Gasteiger partial charge in [0.05, 0.1) is 27.5 Å². The van der Waals surface area contributed by atoms with E-state index >= 15 is 0 Å². The molecule has 1 aromatic heterocycles. The summed E-state index contributed by atoms with van der Waals surface area (Å²) in [7, 11) is 0. The Hall–Kier alpha value is -2.54. The number of aliphatic hydroxyl groups excluding tert-OH is 1. The molecule has 1 amide bonds. The van der Waals surface area contributed by atoms with Crippen molar-refractivity contribution in [3.8, 4) is 0 Å². The van der Waals surface area contributed by atoms with E-state index in [1.54, 1.807) is 24.0 Å². The fourth-order valence-corrected chi connectivity index (χ4v) is 3.24. The molecule has 0 spiro atoms. The highest BCUT2D eigenvalue weighted by molar-refractivity contribution is 6.07. The van der Waals surface area contributed by atoms with Crippen LogP contribution in [0.5, 0.6) is 0 Å². The zero-order valence-corrected chi connectivity index (χ0v) is 13.4. The highest BCUT2D eigenvalue weighted by Crippen LogP contribution is 2.29. The molecule has 2 heterocycles. The SMILES string of the molecule is CC(O)C1CCN(C(=O)c2ccc([N+](=O)[O-])c3cccnc23)CC1. The number of pyridine rings is 1. The van der Waals surface area contributed by atoms with E-state index < -0.39 is 4.92 Å². The summed E-state index contributed by atoms with van der Waals surface area (Å²) in [6, 6.07) is 6.07. The molecule has 3 rings (SSSR count). The van der Waals surface area contributed by atoms with Crippen LogP contribution in [0.2, 0.25) is 0 Å². The van der Waals surface area contributed by atoms with Crippen LogP contribution in [0.15, 0.2) is 30.5 Å². The molecule has 0 radical (unpaired) electrons. The summed E-state index contributed by atoms with van der Waals surface area (Å²) in [5, 5.41) is 21.2. The smallest absolute Gasteiger partial charge is 0.278 e. The van der Waals surface area contributed by atoms with Crippen molar-refractivity contribution in [2.24, 2.45) is 5.92 Å². The number of non-ortho nitro benzene ring substituents is 1. The Bertz CT molecular complexity index is 782. The summed E-state index contributed by atoms with van der Waals surface area (Å²) in [4.78, 5) is 29.4. The summed E-state index contributed by atoms with van der Waals surface area (Å²) < 4.78 is 0. The van der Waals surface area contributed by atoms with Gasteiger partial charge in [-0.15, -0.1) is 0 Å². The molecule has 0 saturated carbocycles. The lowest BCUT2D eigenvalue weighted by Crippen LogP contribution is -2.40. The van der Waals surface area contributed by atoms with Crippen LogP contribution in [0.1, 0.15) is 30.1 Å². The molecule has 0 bridgehead atoms. The number of rotatable bonds is 3. The zero-order chi connectivity index (χ0) is 17.3. The van der Waals surface area contributed by atoms with Crippen LogP contribution in [0.25, 0.3) is 10.9 Å². The van der Waals surface area contributed by atoms with E-state index in [9.17, 15) is 20.0 Å². The minimum absolute atomic E-state index is 0.0533. The first-order valence-electron chi connectivity index (χ1n) is 7.98. The quantitative estimate of drug-likeness (QED) is 0.689. The van der Waals surface area contributed by atoms with Crippen LogP contribution >= 0.6 is 0 Å². The molecular formula is C17H19N3O4. The van der Waals surface area contributed by atoms with E-state index in [2.05, 4.69) is 4.98 Å². The first-order valence-corrected chi connectivity index (χ1v) is 7.98. The summed E-state index contributed by atoms with van der Waals surface area (Å²) in [6.45, 7) is 2.91. The summed E-state index contributed by atoms with van der Waals surface area (Å²) in [6.07, 6.45) is 2.66. The second kappa shape index (κ2) is 6.52. The van der Waals surface area contributed by atoms with Crippen molar-refractivity contribution >= 4 is 22.5 Å². The van der Waals surface area contributed by atoms with E-state index in [0.29, 0.717) is 29.6 Å². The molecule has 2 aromatic rings. The van der Waals surface area contributed by atoms with Crippen molar-refractivity contribution in [2.45, 2.75) is 25.9 Å². The summed E-state index contributed by atoms with van der Waals surface area (Å²) in [5.74, 6) is 0.0402. The number of nitro benzene ring substituents is 1. The average Bonchev–Trinajstić information content (AvgIpc) is 2.60. The van der Waals surface area contributed by atoms with E-state index in [-0.39, 0.29) is 23.6 Å². The lowest BCUT2D eigenvalue weighted by molar-refractivity contribution is -0.383. The molecule has 1 N–H and O–H groups in total. The van der Waals surface area contributed by atoms with Gasteiger partial charge in [0.2, 0.25) is 0 Å². The third kappa shape index (κ3) is 2.94. The number of hydrogen-bond donors (Lipinski definition) is 1. The van der Waals surface area contributed by atoms with Crippen molar-refractivity contribution < 1.29 is 14.8 Å². The molecule has 7 heteroatoms. The van der Waals surface area contributed by atoms with Gasteiger partial charge in [-0.3, -0.25) is 19.9 Å². The molecule has 1 aromatic carbocycles. The lowest BCUT2D eigenvalue weighted by Gasteiger charge is -2.33. The number of hydrogen-bond acceptors (Lipinski definition) is 5. The first kappa shape index (κ1) is 16.3. The number of amides is 1. The van der Waals surface area contributed by atoms with Crippen LogP contribution in [0.4, 0.5) is 5.69 Å². The number of piperidine rings is 1. The van der Waals surface area contributed by atoms with Gasteiger partial charge < -0.3 is 10.0 Å². The summed E-state index contributed by atoms with van der Waals surface area (Å²) in [5.41, 5.74) is 0.684. The Balaban J connectivity index is 1.91. The number of carbonyl (C=O) groups is 1. The van der Waals surface area contributed by atoms with E-state index in [4.69, 9.17) is 0 Å². The maximum absolute atomic E-state index is 12.8. The van der Waals surface area contributed by atoms with Gasteiger partial charge >= 0.3 is 0 Å². The van der Waals surface area contributed by atoms with Crippen molar-refractivity contribution in [1.82, 2.24) is 9.88 Å². The largest absolute Gasteiger partial charge is 0.393 e. The predicted octanol–water partition coefficient (Wildman–Crippen LogP) is 2.38. The topological polar surface area (TPSA) is 96.6 Å². The Morgan fingerprint density at radius 3 is 2.71 bits per heavy atom. The third-order valence-electron chi connectivity index (χ3n) is 4.68. The van der Waals surface area contributed by atoms with Gasteiger partial charge in [-0.05, 0) is 43.9 Å². The molecule has 1 aliphatic rings. The molecule has 7 nitrogen and oxygen atoms in total. The maximum atomic E-state index is 12.8. The number of fused-ring (bicyclic) bond motifs is 1. The molecule has 1 unspecified atom stereocenters. The van der Waals surface area contributed by atoms with Gasteiger partial charge in [-0.1, -0.05) is 0 Å². The van der Waals surface area contributed by atoms with Crippen molar-refractivity contribution in [3.05, 3.63) is 46.1 Å². The molecule has 126 valence electrons. The van der Waals surface area contributed by atoms with Crippen LogP contribution < -0.4 is 0 Å². The Kier molecular flexibility index (Phi) is 4.44. The fraction of sp³-hybridized carbons (Fsp3) is 0.412. The molecule has 1 atom stereocenters. The second-order valence-corrected chi connectivity index (χ2v) is 6.16. The minimum Gasteiger partial charge on any atom is -0.393 e. The molecular weight excluding hydrogens is 310 g/mol. The zero-order valence-electron chi connectivity index (χ0n) is 13.4. The Morgan fingerprint density at radius 1 is 1.38 bits per heavy atom. The predicted molar refractivity (Wildman–Crippen MR) is 88.7 cm³/mol. The molecule has 1 fully saturated rings. The van der Waals surface area contributed by atoms with Crippen LogP contribution in [-0.4, -0.2) is 45.0 Å². The molecule has 0 aliphatic carbocycles. The standard InChI is InChI=1S/C17H19N3O4/c1-11(21)12-6-9-19(10-7-12)17(22)14-4-5-15(20(23)24)13-3-2-8-18-16(13)14/h2-5,8,11-12,21H,6-7,9-10H2,1H3. The number of nitro groups is 1. The highest BCUT2D eigenvalue weighted by atomic mass is 16.6. The van der Waals surface area contributed by atoms with Gasteiger partial charge in [0, 0.05) is 25.4 Å². The minimum atomic E-state index is -0.466. The van der Waals surface area contributed by atoms with Gasteiger partial charge in [0.25, 0.3) is 11.6 Å². The third-order valence-corrected chi connectivity index (χ3v) is 4.68. The van der Waals surface area contributed by atoms with E-state index in [0.717, 1.165) is 12.8 Å². The van der Waals surface area contributed by atoms with E-state index in [1.165, 1.54) is 18.3 Å². The van der Waals surface area contributed by atoms with Crippen LogP contribution in [0, 0.1) is 16.0 Å². The number of aromatic nitrogens is 1. The fourth-order valence-electron chi connectivity index (χ4n) is 3.24. The Labute approximate surface area is 139 Å². The van der Waals surface area contributed by atoms with Crippen molar-refractivity contribution in [2.75, 3.05) is 13.1 Å². The number of aliphatic hydroxyl groups is 1. The first-order chi connectivity index (χ1) is 11.5. The number of likely N-dealkylation sites (tertiary alicyclic amines) is 1. The lowest BCUT2D eigenvalue weighted by atomic mass is 9.92. The van der Waals surface area contributed by atoms with Crippen LogP contribution in [0.3, 0.4) is 0 Å². The van der Waals surface area contributed by atoms with Crippen molar-refractivity contribution in [3.63, 3.8) is 0 Å². The Morgan fingerprint density at radius 2 is 2.08 bits per heavy atom. The van der Waals surface area contributed by atoms with Crippen molar-refractivity contribution in [1.29, 1.82) is 0 Å². The molecule has 1 aliphatic heterocycles. The normalized spacial score (nSPS) is 17.0. The second-order valence-electron chi connectivity index (χ2n) is 6.16. The van der Waals surface area contributed by atoms with Crippen LogP contribution in [-0.2, 0) is 0 Å². The summed E-state index contributed by atoms with van der Waals surface area (Å²) >= 11 is 0. The number of carbonyl (C=O) groups excluding carboxylic acids is 1. The van der Waals surface area contributed by atoms with Gasteiger partial charge in [-0.2, -0.15) is 0 Å². The highest BCUT2D eigenvalue weighted by Gasteiger charge is 2.28.